The van der Waals surface area contributed by atoms with Gasteiger partial charge in [-0.25, -0.2) is 0 Å². The van der Waals surface area contributed by atoms with Crippen LogP contribution in [0.4, 0.5) is 0 Å². The molecule has 0 spiro atoms. The molecule has 23 heavy (non-hydrogen) atoms. The molecule has 0 aliphatic carbocycles. The first-order chi connectivity index (χ1) is 11.3. The first kappa shape index (κ1) is 14.2. The van der Waals surface area contributed by atoms with Gasteiger partial charge in [0.1, 0.15) is 0 Å². The molecule has 0 saturated carbocycles. The van der Waals surface area contributed by atoms with Crippen molar-refractivity contribution in [3.05, 3.63) is 77.8 Å². The number of rotatable bonds is 2. The fourth-order valence-corrected chi connectivity index (χ4v) is 3.41. The quantitative estimate of drug-likeness (QED) is 0.358. The van der Waals surface area contributed by atoms with E-state index in [1.165, 1.54) is 27.1 Å². The van der Waals surface area contributed by atoms with E-state index in [4.69, 9.17) is 11.6 Å². The first-order valence-electron chi connectivity index (χ1n) is 7.61. The Bertz CT molecular complexity index is 1050. The van der Waals surface area contributed by atoms with Crippen LogP contribution in [0, 0.1) is 0 Å². The van der Waals surface area contributed by atoms with Crippen LogP contribution in [-0.2, 0) is 0 Å². The Kier molecular flexibility index (Phi) is 3.51. The van der Waals surface area contributed by atoms with Crippen molar-refractivity contribution in [1.29, 1.82) is 0 Å². The summed E-state index contributed by atoms with van der Waals surface area (Å²) in [5.41, 5.74) is 3.43. The van der Waals surface area contributed by atoms with E-state index in [1.807, 2.05) is 19.1 Å². The standard InChI is InChI=1S/C21H14BCl/c1-22-21-13-15(23)10-11-19(21)20-12-14-6-2-3-7-16(14)17-8-4-5-9-18(17)20/h2-13H,1H2. The van der Waals surface area contributed by atoms with E-state index >= 15 is 0 Å². The van der Waals surface area contributed by atoms with Gasteiger partial charge in [0.2, 0.25) is 0 Å². The minimum absolute atomic E-state index is 0.730. The molecular formula is C21H14BCl. The fourth-order valence-electron chi connectivity index (χ4n) is 3.22. The number of fused-ring (bicyclic) bond motifs is 3. The Morgan fingerprint density at radius 1 is 0.696 bits per heavy atom. The molecule has 0 bridgehead atoms. The molecule has 4 rings (SSSR count). The summed E-state index contributed by atoms with van der Waals surface area (Å²) in [6.07, 6.45) is 0. The molecule has 0 amide bonds. The average molecular weight is 313 g/mol. The third-order valence-corrected chi connectivity index (χ3v) is 4.53. The second kappa shape index (κ2) is 5.68. The van der Waals surface area contributed by atoms with E-state index in [0.717, 1.165) is 16.0 Å². The minimum atomic E-state index is 0.730. The fraction of sp³-hybridized carbons (Fsp3) is 0. The van der Waals surface area contributed by atoms with E-state index < -0.39 is 0 Å². The van der Waals surface area contributed by atoms with Crippen molar-refractivity contribution in [1.82, 2.24) is 0 Å². The van der Waals surface area contributed by atoms with Gasteiger partial charge in [-0.1, -0.05) is 0 Å². The summed E-state index contributed by atoms with van der Waals surface area (Å²) in [7, 11) is 0. The van der Waals surface area contributed by atoms with Crippen LogP contribution in [0.2, 0.25) is 5.02 Å². The normalized spacial score (nSPS) is 10.8. The maximum atomic E-state index is 6.15. The zero-order valence-corrected chi connectivity index (χ0v) is 13.3. The number of hydrogen-bond donors (Lipinski definition) is 0. The summed E-state index contributed by atoms with van der Waals surface area (Å²) >= 11 is 6.15. The zero-order valence-electron chi connectivity index (χ0n) is 12.6. The third-order valence-electron chi connectivity index (χ3n) is 4.29. The summed E-state index contributed by atoms with van der Waals surface area (Å²) < 4.78 is 0. The van der Waals surface area contributed by atoms with Crippen molar-refractivity contribution in [2.24, 2.45) is 0 Å². The molecule has 0 aliphatic heterocycles. The molecule has 0 nitrogen and oxygen atoms in total. The summed E-state index contributed by atoms with van der Waals surface area (Å²) in [4.78, 5) is 0. The molecule has 108 valence electrons. The molecule has 0 fully saturated rings. The van der Waals surface area contributed by atoms with E-state index in [1.54, 1.807) is 0 Å². The van der Waals surface area contributed by atoms with Crippen molar-refractivity contribution >= 4 is 52.0 Å². The van der Waals surface area contributed by atoms with Crippen molar-refractivity contribution in [2.45, 2.75) is 0 Å². The van der Waals surface area contributed by atoms with Crippen LogP contribution in [0.25, 0.3) is 32.7 Å². The van der Waals surface area contributed by atoms with Crippen LogP contribution in [0.15, 0.2) is 72.8 Å². The Balaban J connectivity index is 2.16. The Hall–Kier alpha value is -2.38. The van der Waals surface area contributed by atoms with Crippen LogP contribution in [0.1, 0.15) is 0 Å². The summed E-state index contributed by atoms with van der Waals surface area (Å²) in [5, 5.41) is 5.77. The molecule has 2 heteroatoms. The summed E-state index contributed by atoms with van der Waals surface area (Å²) in [6, 6.07) is 25.3. The number of hydrogen-bond acceptors (Lipinski definition) is 0. The Morgan fingerprint density at radius 2 is 1.39 bits per heavy atom. The van der Waals surface area contributed by atoms with Gasteiger partial charge in [-0.15, -0.1) is 0 Å². The molecule has 4 aromatic carbocycles. The van der Waals surface area contributed by atoms with Crippen LogP contribution < -0.4 is 5.46 Å². The predicted molar refractivity (Wildman–Crippen MR) is 104 cm³/mol. The van der Waals surface area contributed by atoms with E-state index in [9.17, 15) is 0 Å². The molecule has 0 saturated heterocycles. The molecular weight excluding hydrogens is 298 g/mol. The number of halogens is 1. The van der Waals surface area contributed by atoms with Gasteiger partial charge in [-0.2, -0.15) is 0 Å². The molecule has 0 N–H and O–H groups in total. The van der Waals surface area contributed by atoms with Gasteiger partial charge in [-0.3, -0.25) is 0 Å². The molecule has 0 unspecified atom stereocenters. The van der Waals surface area contributed by atoms with E-state index in [0.29, 0.717) is 0 Å². The van der Waals surface area contributed by atoms with Gasteiger partial charge >= 0.3 is 141 Å². The third kappa shape index (κ3) is 2.38. The van der Waals surface area contributed by atoms with Crippen LogP contribution >= 0.6 is 11.6 Å². The van der Waals surface area contributed by atoms with Crippen molar-refractivity contribution in [3.8, 4) is 11.1 Å². The molecule has 0 radical (unpaired) electrons. The van der Waals surface area contributed by atoms with Gasteiger partial charge in [0.05, 0.1) is 0 Å². The number of benzene rings is 4. The van der Waals surface area contributed by atoms with Gasteiger partial charge in [0, 0.05) is 0 Å². The Labute approximate surface area is 141 Å². The van der Waals surface area contributed by atoms with Gasteiger partial charge in [0.15, 0.2) is 0 Å². The monoisotopic (exact) mass is 312 g/mol. The zero-order chi connectivity index (χ0) is 15.8. The molecule has 4 aromatic rings. The molecule has 0 atom stereocenters. The second-order valence-electron chi connectivity index (χ2n) is 5.63. The first-order valence-corrected chi connectivity index (χ1v) is 7.98. The molecule has 0 heterocycles. The average Bonchev–Trinajstić information content (AvgIpc) is 2.61. The second-order valence-corrected chi connectivity index (χ2v) is 6.06. The maximum absolute atomic E-state index is 6.15. The summed E-state index contributed by atoms with van der Waals surface area (Å²) in [5.74, 6) is 0. The van der Waals surface area contributed by atoms with Gasteiger partial charge < -0.3 is 0 Å². The molecule has 0 aliphatic rings. The topological polar surface area (TPSA) is 0 Å². The van der Waals surface area contributed by atoms with Crippen molar-refractivity contribution < 1.29 is 0 Å². The summed E-state index contributed by atoms with van der Waals surface area (Å²) in [6.45, 7) is 5.81. The van der Waals surface area contributed by atoms with Crippen molar-refractivity contribution in [3.63, 3.8) is 0 Å². The van der Waals surface area contributed by atoms with Gasteiger partial charge in [0.25, 0.3) is 0 Å². The predicted octanol–water partition coefficient (Wildman–Crippen LogP) is 5.07. The van der Waals surface area contributed by atoms with Crippen molar-refractivity contribution in [2.75, 3.05) is 0 Å². The van der Waals surface area contributed by atoms with E-state index in [2.05, 4.69) is 67.1 Å². The SMILES string of the molecule is C=Bc1cc(Cl)ccc1-c1cc2ccccc2c2ccccc12. The van der Waals surface area contributed by atoms with Crippen LogP contribution in [0.5, 0.6) is 0 Å². The molecule has 0 aromatic heterocycles. The van der Waals surface area contributed by atoms with Gasteiger partial charge in [-0.05, 0) is 0 Å². The van der Waals surface area contributed by atoms with E-state index in [-0.39, 0.29) is 0 Å². The van der Waals surface area contributed by atoms with Crippen LogP contribution in [0.3, 0.4) is 0 Å². The Morgan fingerprint density at radius 3 is 2.17 bits per heavy atom. The van der Waals surface area contributed by atoms with Crippen LogP contribution in [-0.4, -0.2) is 13.4 Å².